The summed E-state index contributed by atoms with van der Waals surface area (Å²) in [4.78, 5) is 18.6. The summed E-state index contributed by atoms with van der Waals surface area (Å²) in [6, 6.07) is 9.57. The Morgan fingerprint density at radius 1 is 1.16 bits per heavy atom. The van der Waals surface area contributed by atoms with Gasteiger partial charge in [-0.25, -0.2) is 4.39 Å². The Labute approximate surface area is 143 Å². The molecule has 0 unspecified atom stereocenters. The molecule has 25 heavy (non-hydrogen) atoms. The zero-order chi connectivity index (χ0) is 17.2. The molecule has 7 heteroatoms. The molecular formula is C18H17FN4O2. The number of carbonyl (C=O) groups excluding carboxylic acids is 1. The summed E-state index contributed by atoms with van der Waals surface area (Å²) in [6.45, 7) is 1.89. The van der Waals surface area contributed by atoms with E-state index < -0.39 is 0 Å². The van der Waals surface area contributed by atoms with Gasteiger partial charge < -0.3 is 14.0 Å². The molecule has 0 N–H and O–H groups in total. The average molecular weight is 340 g/mol. The van der Waals surface area contributed by atoms with Gasteiger partial charge in [0.25, 0.3) is 5.89 Å². The van der Waals surface area contributed by atoms with Gasteiger partial charge in [0.2, 0.25) is 11.7 Å². The van der Waals surface area contributed by atoms with E-state index in [-0.39, 0.29) is 18.3 Å². The van der Waals surface area contributed by atoms with Crippen LogP contribution in [-0.4, -0.2) is 38.6 Å². The summed E-state index contributed by atoms with van der Waals surface area (Å²) in [5, 5.41) is 3.95. The van der Waals surface area contributed by atoms with Gasteiger partial charge in [-0.1, -0.05) is 5.16 Å². The van der Waals surface area contributed by atoms with Crippen LogP contribution >= 0.6 is 0 Å². The molecule has 2 aromatic heterocycles. The first-order chi connectivity index (χ1) is 12.2. The van der Waals surface area contributed by atoms with Crippen molar-refractivity contribution in [2.24, 2.45) is 0 Å². The number of aromatic nitrogens is 3. The molecule has 6 nitrogen and oxygen atoms in total. The molecule has 0 spiro atoms. The van der Waals surface area contributed by atoms with Crippen LogP contribution < -0.4 is 0 Å². The number of hydrogen-bond acceptors (Lipinski definition) is 4. The quantitative estimate of drug-likeness (QED) is 0.732. The predicted molar refractivity (Wildman–Crippen MR) is 88.9 cm³/mol. The van der Waals surface area contributed by atoms with Gasteiger partial charge in [0.1, 0.15) is 18.1 Å². The fourth-order valence-corrected chi connectivity index (χ4v) is 3.00. The van der Waals surface area contributed by atoms with Gasteiger partial charge in [0.05, 0.1) is 0 Å². The molecule has 1 aromatic carbocycles. The molecule has 1 aliphatic rings. The van der Waals surface area contributed by atoms with Crippen molar-refractivity contribution >= 4 is 5.91 Å². The van der Waals surface area contributed by atoms with Crippen molar-refractivity contribution in [1.29, 1.82) is 0 Å². The largest absolute Gasteiger partial charge is 0.341 e. The fraction of sp³-hybridized carbons (Fsp3) is 0.278. The van der Waals surface area contributed by atoms with Crippen molar-refractivity contribution in [3.63, 3.8) is 0 Å². The SMILES string of the molecule is O=C(Cn1cccc1-c1nc(-c2ccc(F)cc2)no1)N1CCCC1. The molecule has 4 rings (SSSR count). The fourth-order valence-electron chi connectivity index (χ4n) is 3.00. The van der Waals surface area contributed by atoms with Gasteiger partial charge in [-0.2, -0.15) is 4.98 Å². The highest BCUT2D eigenvalue weighted by atomic mass is 19.1. The highest BCUT2D eigenvalue weighted by Gasteiger charge is 2.20. The molecule has 1 aliphatic heterocycles. The van der Waals surface area contributed by atoms with E-state index in [9.17, 15) is 9.18 Å². The number of likely N-dealkylation sites (tertiary alicyclic amines) is 1. The minimum absolute atomic E-state index is 0.0909. The van der Waals surface area contributed by atoms with E-state index in [0.717, 1.165) is 25.9 Å². The molecule has 0 saturated carbocycles. The van der Waals surface area contributed by atoms with Crippen molar-refractivity contribution in [1.82, 2.24) is 19.6 Å². The number of carbonyl (C=O) groups is 1. The maximum atomic E-state index is 13.0. The zero-order valence-electron chi connectivity index (χ0n) is 13.6. The zero-order valence-corrected chi connectivity index (χ0v) is 13.6. The second kappa shape index (κ2) is 6.51. The molecule has 0 bridgehead atoms. The van der Waals surface area contributed by atoms with E-state index in [1.807, 2.05) is 27.8 Å². The van der Waals surface area contributed by atoms with E-state index in [0.29, 0.717) is 23.0 Å². The number of rotatable bonds is 4. The summed E-state index contributed by atoms with van der Waals surface area (Å²) in [5.41, 5.74) is 1.36. The Kier molecular flexibility index (Phi) is 4.05. The first-order valence-corrected chi connectivity index (χ1v) is 8.23. The number of benzene rings is 1. The lowest BCUT2D eigenvalue weighted by Crippen LogP contribution is -2.31. The molecular weight excluding hydrogens is 323 g/mol. The molecule has 1 amide bonds. The monoisotopic (exact) mass is 340 g/mol. The lowest BCUT2D eigenvalue weighted by atomic mass is 10.2. The molecule has 1 fully saturated rings. The Morgan fingerprint density at radius 3 is 2.68 bits per heavy atom. The highest BCUT2D eigenvalue weighted by Crippen LogP contribution is 2.23. The molecule has 128 valence electrons. The first-order valence-electron chi connectivity index (χ1n) is 8.23. The van der Waals surface area contributed by atoms with Gasteiger partial charge in [-0.3, -0.25) is 4.79 Å². The second-order valence-electron chi connectivity index (χ2n) is 6.04. The topological polar surface area (TPSA) is 64.2 Å². The molecule has 0 aliphatic carbocycles. The minimum atomic E-state index is -0.318. The maximum absolute atomic E-state index is 13.0. The normalized spacial score (nSPS) is 14.2. The van der Waals surface area contributed by atoms with Gasteiger partial charge in [-0.05, 0) is 49.2 Å². The number of halogens is 1. The van der Waals surface area contributed by atoms with Crippen molar-refractivity contribution in [3.05, 3.63) is 48.4 Å². The van der Waals surface area contributed by atoms with Crippen molar-refractivity contribution in [3.8, 4) is 23.0 Å². The summed E-state index contributed by atoms with van der Waals surface area (Å²) in [7, 11) is 0. The van der Waals surface area contributed by atoms with Crippen LogP contribution in [0.25, 0.3) is 23.0 Å². The summed E-state index contributed by atoms with van der Waals surface area (Å²) in [6.07, 6.45) is 3.95. The van der Waals surface area contributed by atoms with E-state index >= 15 is 0 Å². The van der Waals surface area contributed by atoms with Crippen molar-refractivity contribution in [2.75, 3.05) is 13.1 Å². The summed E-state index contributed by atoms with van der Waals surface area (Å²) in [5.74, 6) is 0.488. The van der Waals surface area contributed by atoms with Crippen LogP contribution in [0.2, 0.25) is 0 Å². The number of nitrogens with zero attached hydrogens (tertiary/aromatic N) is 4. The lowest BCUT2D eigenvalue weighted by Gasteiger charge is -2.16. The van der Waals surface area contributed by atoms with Crippen LogP contribution in [-0.2, 0) is 11.3 Å². The van der Waals surface area contributed by atoms with Crippen LogP contribution in [0, 0.1) is 5.82 Å². The number of hydrogen-bond donors (Lipinski definition) is 0. The smallest absolute Gasteiger partial charge is 0.274 e. The third-order valence-electron chi connectivity index (χ3n) is 4.34. The van der Waals surface area contributed by atoms with Crippen molar-refractivity contribution < 1.29 is 13.7 Å². The van der Waals surface area contributed by atoms with Gasteiger partial charge in [0.15, 0.2) is 0 Å². The molecule has 0 atom stereocenters. The van der Waals surface area contributed by atoms with Crippen LogP contribution in [0.15, 0.2) is 47.1 Å². The predicted octanol–water partition coefficient (Wildman–Crippen LogP) is 2.97. The second-order valence-corrected chi connectivity index (χ2v) is 6.04. The van der Waals surface area contributed by atoms with Crippen LogP contribution in [0.5, 0.6) is 0 Å². The van der Waals surface area contributed by atoms with Crippen LogP contribution in [0.1, 0.15) is 12.8 Å². The molecule has 3 heterocycles. The summed E-state index contributed by atoms with van der Waals surface area (Å²) >= 11 is 0. The lowest BCUT2D eigenvalue weighted by molar-refractivity contribution is -0.130. The average Bonchev–Trinajstić information content (AvgIpc) is 3.36. The van der Waals surface area contributed by atoms with E-state index in [4.69, 9.17) is 4.52 Å². The molecule has 0 radical (unpaired) electrons. The van der Waals surface area contributed by atoms with Crippen molar-refractivity contribution in [2.45, 2.75) is 19.4 Å². The Hall–Kier alpha value is -2.96. The number of amides is 1. The maximum Gasteiger partial charge on any atom is 0.274 e. The Bertz CT molecular complexity index is 879. The third-order valence-corrected chi connectivity index (χ3v) is 4.34. The van der Waals surface area contributed by atoms with E-state index in [2.05, 4.69) is 10.1 Å². The van der Waals surface area contributed by atoms with E-state index in [1.54, 1.807) is 12.1 Å². The van der Waals surface area contributed by atoms with Gasteiger partial charge in [-0.15, -0.1) is 0 Å². The van der Waals surface area contributed by atoms with Gasteiger partial charge >= 0.3 is 0 Å². The van der Waals surface area contributed by atoms with Crippen LogP contribution in [0.4, 0.5) is 4.39 Å². The van der Waals surface area contributed by atoms with Gasteiger partial charge in [0, 0.05) is 24.8 Å². The highest BCUT2D eigenvalue weighted by molar-refractivity contribution is 5.77. The van der Waals surface area contributed by atoms with E-state index in [1.165, 1.54) is 12.1 Å². The van der Waals surface area contributed by atoms with Crippen LogP contribution in [0.3, 0.4) is 0 Å². The molecule has 1 saturated heterocycles. The first kappa shape index (κ1) is 15.6. The standard InChI is InChI=1S/C18H17FN4O2/c19-14-7-5-13(6-8-14)17-20-18(25-21-17)15-4-3-11-23(15)12-16(24)22-9-1-2-10-22/h3-8,11H,1-2,9-10,12H2. The Morgan fingerprint density at radius 2 is 1.92 bits per heavy atom. The Balaban J connectivity index is 1.56. The summed E-state index contributed by atoms with van der Waals surface area (Å²) < 4.78 is 20.2. The third kappa shape index (κ3) is 3.17. The molecule has 3 aromatic rings. The minimum Gasteiger partial charge on any atom is -0.341 e.